The Hall–Kier alpha value is -3.19. The number of ether oxygens (including phenoxy) is 2. The molecular formula is C19H19N3O4. The van der Waals surface area contributed by atoms with Crippen LogP contribution in [0.15, 0.2) is 67.0 Å². The SMILES string of the molecule is O=C(OCc1ccccc1)c1ccc(OC[C@@H](O)Cn2nccn2)cc1. The molecule has 2 aromatic carbocycles. The lowest BCUT2D eigenvalue weighted by Gasteiger charge is -2.12. The lowest BCUT2D eigenvalue weighted by atomic mass is 10.2. The Bertz CT molecular complexity index is 805. The number of aliphatic hydroxyl groups is 1. The van der Waals surface area contributed by atoms with E-state index >= 15 is 0 Å². The Kier molecular flexibility index (Phi) is 5.95. The van der Waals surface area contributed by atoms with E-state index < -0.39 is 12.1 Å². The van der Waals surface area contributed by atoms with Crippen LogP contribution in [0.3, 0.4) is 0 Å². The van der Waals surface area contributed by atoms with Crippen molar-refractivity contribution in [1.82, 2.24) is 15.0 Å². The average Bonchev–Trinajstić information content (AvgIpc) is 3.18. The van der Waals surface area contributed by atoms with Gasteiger partial charge < -0.3 is 14.6 Å². The van der Waals surface area contributed by atoms with Crippen LogP contribution >= 0.6 is 0 Å². The van der Waals surface area contributed by atoms with E-state index in [1.54, 1.807) is 36.7 Å². The molecule has 3 aromatic rings. The number of hydrogen-bond acceptors (Lipinski definition) is 6. The molecule has 1 N–H and O–H groups in total. The Morgan fingerprint density at radius 2 is 1.73 bits per heavy atom. The molecule has 0 spiro atoms. The second-order valence-corrected chi connectivity index (χ2v) is 5.63. The number of benzene rings is 2. The molecular weight excluding hydrogens is 334 g/mol. The number of aromatic nitrogens is 3. The largest absolute Gasteiger partial charge is 0.491 e. The van der Waals surface area contributed by atoms with Crippen LogP contribution in [0, 0.1) is 0 Å². The molecule has 134 valence electrons. The van der Waals surface area contributed by atoms with Crippen molar-refractivity contribution in [3.8, 4) is 5.75 Å². The number of aliphatic hydroxyl groups excluding tert-OH is 1. The molecule has 0 unspecified atom stereocenters. The Balaban J connectivity index is 1.46. The van der Waals surface area contributed by atoms with Crippen molar-refractivity contribution >= 4 is 5.97 Å². The van der Waals surface area contributed by atoms with Gasteiger partial charge in [-0.15, -0.1) is 0 Å². The molecule has 1 atom stereocenters. The van der Waals surface area contributed by atoms with Crippen molar-refractivity contribution in [2.24, 2.45) is 0 Å². The van der Waals surface area contributed by atoms with Gasteiger partial charge in [-0.05, 0) is 29.8 Å². The van der Waals surface area contributed by atoms with Gasteiger partial charge in [-0.2, -0.15) is 15.0 Å². The lowest BCUT2D eigenvalue weighted by Crippen LogP contribution is -2.24. The third kappa shape index (κ3) is 5.15. The molecule has 0 bridgehead atoms. The Morgan fingerprint density at radius 1 is 1.04 bits per heavy atom. The summed E-state index contributed by atoms with van der Waals surface area (Å²) in [4.78, 5) is 13.4. The van der Waals surface area contributed by atoms with Crippen LogP contribution in [0.1, 0.15) is 15.9 Å². The maximum absolute atomic E-state index is 12.1. The van der Waals surface area contributed by atoms with Gasteiger partial charge in [-0.3, -0.25) is 0 Å². The first-order chi connectivity index (χ1) is 12.7. The van der Waals surface area contributed by atoms with Crippen LogP contribution in [-0.2, 0) is 17.9 Å². The van der Waals surface area contributed by atoms with Crippen molar-refractivity contribution < 1.29 is 19.4 Å². The fourth-order valence-corrected chi connectivity index (χ4v) is 2.26. The molecule has 0 saturated carbocycles. The van der Waals surface area contributed by atoms with Crippen molar-refractivity contribution in [3.05, 3.63) is 78.1 Å². The molecule has 1 aromatic heterocycles. The van der Waals surface area contributed by atoms with Gasteiger partial charge in [0.1, 0.15) is 25.1 Å². The highest BCUT2D eigenvalue weighted by Gasteiger charge is 2.10. The van der Waals surface area contributed by atoms with E-state index in [4.69, 9.17) is 9.47 Å². The summed E-state index contributed by atoms with van der Waals surface area (Å²) >= 11 is 0. The van der Waals surface area contributed by atoms with Crippen LogP contribution in [0.25, 0.3) is 0 Å². The second kappa shape index (κ2) is 8.77. The summed E-state index contributed by atoms with van der Waals surface area (Å²) in [7, 11) is 0. The summed E-state index contributed by atoms with van der Waals surface area (Å²) in [6.07, 6.45) is 2.35. The maximum atomic E-state index is 12.1. The molecule has 7 heteroatoms. The Morgan fingerprint density at radius 3 is 2.42 bits per heavy atom. The number of esters is 1. The van der Waals surface area contributed by atoms with Gasteiger partial charge >= 0.3 is 5.97 Å². The summed E-state index contributed by atoms with van der Waals surface area (Å²) in [5.41, 5.74) is 1.37. The zero-order valence-corrected chi connectivity index (χ0v) is 14.1. The molecule has 0 saturated heterocycles. The average molecular weight is 353 g/mol. The predicted molar refractivity (Wildman–Crippen MR) is 93.5 cm³/mol. The van der Waals surface area contributed by atoms with E-state index in [0.717, 1.165) is 5.56 Å². The fraction of sp³-hybridized carbons (Fsp3) is 0.211. The van der Waals surface area contributed by atoms with Crippen LogP contribution in [0.2, 0.25) is 0 Å². The van der Waals surface area contributed by atoms with E-state index in [-0.39, 0.29) is 19.8 Å². The minimum atomic E-state index is -0.738. The van der Waals surface area contributed by atoms with Crippen LogP contribution in [0.4, 0.5) is 0 Å². The second-order valence-electron chi connectivity index (χ2n) is 5.63. The van der Waals surface area contributed by atoms with E-state index in [1.807, 2.05) is 30.3 Å². The lowest BCUT2D eigenvalue weighted by molar-refractivity contribution is 0.0472. The van der Waals surface area contributed by atoms with Gasteiger partial charge in [-0.1, -0.05) is 30.3 Å². The zero-order valence-electron chi connectivity index (χ0n) is 14.1. The highest BCUT2D eigenvalue weighted by atomic mass is 16.5. The highest BCUT2D eigenvalue weighted by molar-refractivity contribution is 5.89. The quantitative estimate of drug-likeness (QED) is 0.624. The normalized spacial score (nSPS) is 11.7. The summed E-state index contributed by atoms with van der Waals surface area (Å²) in [5.74, 6) is 0.155. The molecule has 26 heavy (non-hydrogen) atoms. The zero-order chi connectivity index (χ0) is 18.2. The summed E-state index contributed by atoms with van der Waals surface area (Å²) in [5, 5.41) is 17.7. The topological polar surface area (TPSA) is 86.5 Å². The van der Waals surface area contributed by atoms with Gasteiger partial charge in [0.25, 0.3) is 0 Å². The number of rotatable bonds is 8. The minimum Gasteiger partial charge on any atom is -0.491 e. The van der Waals surface area contributed by atoms with Crippen molar-refractivity contribution in [3.63, 3.8) is 0 Å². The smallest absolute Gasteiger partial charge is 0.338 e. The van der Waals surface area contributed by atoms with Crippen molar-refractivity contribution in [2.75, 3.05) is 6.61 Å². The first-order valence-electron chi connectivity index (χ1n) is 8.17. The van der Waals surface area contributed by atoms with Crippen molar-refractivity contribution in [1.29, 1.82) is 0 Å². The van der Waals surface area contributed by atoms with Gasteiger partial charge in [0.2, 0.25) is 0 Å². The van der Waals surface area contributed by atoms with Gasteiger partial charge in [0, 0.05) is 0 Å². The molecule has 0 amide bonds. The van der Waals surface area contributed by atoms with Gasteiger partial charge in [0.15, 0.2) is 0 Å². The molecule has 3 rings (SSSR count). The molecule has 0 fully saturated rings. The monoisotopic (exact) mass is 353 g/mol. The highest BCUT2D eigenvalue weighted by Crippen LogP contribution is 2.14. The number of hydrogen-bond donors (Lipinski definition) is 1. The minimum absolute atomic E-state index is 0.0966. The first kappa shape index (κ1) is 17.6. The predicted octanol–water partition coefficient (Wildman–Crippen LogP) is 2.07. The molecule has 0 aliphatic heterocycles. The molecule has 0 aliphatic carbocycles. The van der Waals surface area contributed by atoms with Crippen LogP contribution in [-0.4, -0.2) is 38.8 Å². The number of carbonyl (C=O) groups is 1. The molecule has 1 heterocycles. The third-order valence-electron chi connectivity index (χ3n) is 3.59. The number of carbonyl (C=O) groups excluding carboxylic acids is 1. The molecule has 0 aliphatic rings. The van der Waals surface area contributed by atoms with E-state index in [2.05, 4.69) is 10.2 Å². The fourth-order valence-electron chi connectivity index (χ4n) is 2.26. The van der Waals surface area contributed by atoms with E-state index in [9.17, 15) is 9.90 Å². The van der Waals surface area contributed by atoms with Crippen LogP contribution < -0.4 is 4.74 Å². The first-order valence-corrected chi connectivity index (χ1v) is 8.17. The molecule has 7 nitrogen and oxygen atoms in total. The van der Waals surface area contributed by atoms with E-state index in [1.165, 1.54) is 4.80 Å². The molecule has 0 radical (unpaired) electrons. The van der Waals surface area contributed by atoms with Gasteiger partial charge in [0.05, 0.1) is 24.5 Å². The summed E-state index contributed by atoms with van der Waals surface area (Å²) in [6, 6.07) is 16.1. The third-order valence-corrected chi connectivity index (χ3v) is 3.59. The van der Waals surface area contributed by atoms with Crippen molar-refractivity contribution in [2.45, 2.75) is 19.3 Å². The van der Waals surface area contributed by atoms with Crippen LogP contribution in [0.5, 0.6) is 5.75 Å². The summed E-state index contributed by atoms with van der Waals surface area (Å²) in [6.45, 7) is 0.571. The van der Waals surface area contributed by atoms with E-state index in [0.29, 0.717) is 11.3 Å². The summed E-state index contributed by atoms with van der Waals surface area (Å²) < 4.78 is 10.8. The number of nitrogens with zero attached hydrogens (tertiary/aromatic N) is 3. The maximum Gasteiger partial charge on any atom is 0.338 e. The standard InChI is InChI=1S/C19H19N3O4/c23-17(12-22-20-10-11-21-22)14-25-18-8-6-16(7-9-18)19(24)26-13-15-4-2-1-3-5-15/h1-11,17,23H,12-14H2/t17-/m0/s1. The Labute approximate surface area is 150 Å². The van der Waals surface area contributed by atoms with Gasteiger partial charge in [-0.25, -0.2) is 4.79 Å².